The number of aliphatic carboxylic acids is 1. The van der Waals surface area contributed by atoms with E-state index in [1.54, 1.807) is 27.7 Å². The second-order valence-corrected chi connectivity index (χ2v) is 6.44. The molecule has 21 heavy (non-hydrogen) atoms. The molecule has 0 spiro atoms. The van der Waals surface area contributed by atoms with Crippen molar-refractivity contribution in [2.24, 2.45) is 16.7 Å². The van der Waals surface area contributed by atoms with Gasteiger partial charge in [-0.3, -0.25) is 14.4 Å². The molecule has 0 radical (unpaired) electrons. The molecule has 0 amide bonds. The molecule has 122 valence electrons. The highest BCUT2D eigenvalue weighted by Gasteiger charge is 2.38. The minimum atomic E-state index is -1.45. The van der Waals surface area contributed by atoms with Gasteiger partial charge in [-0.25, -0.2) is 0 Å². The number of ether oxygens (including phenoxy) is 2. The van der Waals surface area contributed by atoms with Crippen molar-refractivity contribution in [2.75, 3.05) is 13.2 Å². The van der Waals surface area contributed by atoms with Crippen molar-refractivity contribution >= 4 is 17.9 Å². The van der Waals surface area contributed by atoms with Crippen LogP contribution in [0.4, 0.5) is 0 Å². The summed E-state index contributed by atoms with van der Waals surface area (Å²) in [6.45, 7) is 9.33. The maximum atomic E-state index is 11.9. The van der Waals surface area contributed by atoms with E-state index >= 15 is 0 Å². The van der Waals surface area contributed by atoms with Crippen LogP contribution in [0.15, 0.2) is 0 Å². The Balaban J connectivity index is 4.72. The molecule has 0 heterocycles. The predicted molar refractivity (Wildman–Crippen MR) is 76.6 cm³/mol. The standard InChI is InChI=1S/C15H26O6/c1-7-14(4,5)13(19)21-9-15(6,12(17)18)8-20-11(16)10(2)3/h10H,7-9H2,1-6H3,(H,17,18). The van der Waals surface area contributed by atoms with Crippen molar-refractivity contribution in [1.82, 2.24) is 0 Å². The van der Waals surface area contributed by atoms with Crippen molar-refractivity contribution in [2.45, 2.75) is 48.0 Å². The van der Waals surface area contributed by atoms with Gasteiger partial charge in [0.05, 0.1) is 11.3 Å². The molecule has 0 saturated heterocycles. The van der Waals surface area contributed by atoms with Gasteiger partial charge >= 0.3 is 17.9 Å². The van der Waals surface area contributed by atoms with Crippen LogP contribution in [0.1, 0.15) is 48.0 Å². The number of rotatable bonds is 8. The molecule has 0 rings (SSSR count). The number of hydrogen-bond acceptors (Lipinski definition) is 5. The number of carbonyl (C=O) groups excluding carboxylic acids is 2. The predicted octanol–water partition coefficient (Wildman–Crippen LogP) is 2.26. The molecular formula is C15H26O6. The Morgan fingerprint density at radius 1 is 1.05 bits per heavy atom. The average Bonchev–Trinajstić information content (AvgIpc) is 2.41. The molecule has 1 unspecified atom stereocenters. The van der Waals surface area contributed by atoms with Crippen LogP contribution in [-0.2, 0) is 23.9 Å². The molecule has 0 saturated carbocycles. The summed E-state index contributed by atoms with van der Waals surface area (Å²) in [7, 11) is 0. The number of carboxylic acid groups (broad SMARTS) is 1. The SMILES string of the molecule is CCC(C)(C)C(=O)OCC(C)(COC(=O)C(C)C)C(=O)O. The largest absolute Gasteiger partial charge is 0.481 e. The molecule has 1 N–H and O–H groups in total. The van der Waals surface area contributed by atoms with Gasteiger partial charge in [0.25, 0.3) is 0 Å². The summed E-state index contributed by atoms with van der Waals surface area (Å²) in [5.41, 5.74) is -2.13. The molecule has 0 aliphatic carbocycles. The van der Waals surface area contributed by atoms with Crippen LogP contribution in [0.25, 0.3) is 0 Å². The van der Waals surface area contributed by atoms with Gasteiger partial charge in [-0.1, -0.05) is 20.8 Å². The van der Waals surface area contributed by atoms with E-state index in [0.29, 0.717) is 6.42 Å². The number of carbonyl (C=O) groups is 3. The van der Waals surface area contributed by atoms with E-state index in [-0.39, 0.29) is 19.1 Å². The molecule has 1 atom stereocenters. The maximum Gasteiger partial charge on any atom is 0.316 e. The number of esters is 2. The molecule has 6 nitrogen and oxygen atoms in total. The molecule has 6 heteroatoms. The van der Waals surface area contributed by atoms with Crippen LogP contribution in [0, 0.1) is 16.7 Å². The van der Waals surface area contributed by atoms with E-state index in [9.17, 15) is 19.5 Å². The molecule has 0 aliphatic heterocycles. The highest BCUT2D eigenvalue weighted by Crippen LogP contribution is 2.25. The van der Waals surface area contributed by atoms with E-state index in [0.717, 1.165) is 0 Å². The Morgan fingerprint density at radius 2 is 1.52 bits per heavy atom. The first kappa shape index (κ1) is 19.4. The molecular weight excluding hydrogens is 276 g/mol. The average molecular weight is 302 g/mol. The Morgan fingerprint density at radius 3 is 1.90 bits per heavy atom. The smallest absolute Gasteiger partial charge is 0.316 e. The van der Waals surface area contributed by atoms with Crippen LogP contribution < -0.4 is 0 Å². The molecule has 0 aromatic rings. The zero-order valence-electron chi connectivity index (χ0n) is 13.7. The summed E-state index contributed by atoms with van der Waals surface area (Å²) in [5, 5.41) is 9.27. The van der Waals surface area contributed by atoms with Crippen molar-refractivity contribution in [1.29, 1.82) is 0 Å². The van der Waals surface area contributed by atoms with Gasteiger partial charge in [0.1, 0.15) is 18.6 Å². The first-order valence-corrected chi connectivity index (χ1v) is 7.03. The fraction of sp³-hybridized carbons (Fsp3) is 0.800. The van der Waals surface area contributed by atoms with E-state index < -0.39 is 28.7 Å². The normalized spacial score (nSPS) is 14.4. The molecule has 0 aromatic carbocycles. The highest BCUT2D eigenvalue weighted by atomic mass is 16.6. The fourth-order valence-electron chi connectivity index (χ4n) is 1.13. The third kappa shape index (κ3) is 5.73. The van der Waals surface area contributed by atoms with Crippen molar-refractivity contribution in [3.8, 4) is 0 Å². The van der Waals surface area contributed by atoms with Crippen LogP contribution in [-0.4, -0.2) is 36.2 Å². The third-order valence-corrected chi connectivity index (χ3v) is 3.48. The Kier molecular flexibility index (Phi) is 6.86. The minimum absolute atomic E-state index is 0.334. The number of carboxylic acids is 1. The highest BCUT2D eigenvalue weighted by molar-refractivity contribution is 5.78. The second kappa shape index (κ2) is 7.43. The zero-order chi connectivity index (χ0) is 16.8. The van der Waals surface area contributed by atoms with E-state index in [2.05, 4.69) is 0 Å². The monoisotopic (exact) mass is 302 g/mol. The van der Waals surface area contributed by atoms with Gasteiger partial charge in [-0.2, -0.15) is 0 Å². The van der Waals surface area contributed by atoms with Gasteiger partial charge in [0, 0.05) is 0 Å². The molecule has 0 aromatic heterocycles. The van der Waals surface area contributed by atoms with Crippen molar-refractivity contribution in [3.63, 3.8) is 0 Å². The van der Waals surface area contributed by atoms with Crippen molar-refractivity contribution in [3.05, 3.63) is 0 Å². The Hall–Kier alpha value is -1.59. The maximum absolute atomic E-state index is 11.9. The molecule has 0 fully saturated rings. The number of hydrogen-bond donors (Lipinski definition) is 1. The lowest BCUT2D eigenvalue weighted by Crippen LogP contribution is -2.40. The molecule has 0 aliphatic rings. The Labute approximate surface area is 125 Å². The van der Waals surface area contributed by atoms with E-state index in [1.165, 1.54) is 6.92 Å². The lowest BCUT2D eigenvalue weighted by molar-refractivity contribution is -0.170. The van der Waals surface area contributed by atoms with Crippen molar-refractivity contribution < 1.29 is 29.0 Å². The van der Waals surface area contributed by atoms with E-state index in [1.807, 2.05) is 6.92 Å². The quantitative estimate of drug-likeness (QED) is 0.692. The van der Waals surface area contributed by atoms with Crippen LogP contribution in [0.5, 0.6) is 0 Å². The topological polar surface area (TPSA) is 89.9 Å². The lowest BCUT2D eigenvalue weighted by atomic mass is 9.90. The van der Waals surface area contributed by atoms with Gasteiger partial charge < -0.3 is 14.6 Å². The summed E-state index contributed by atoms with van der Waals surface area (Å²) in [4.78, 5) is 34.7. The van der Waals surface area contributed by atoms with Gasteiger partial charge in [-0.05, 0) is 27.2 Å². The van der Waals surface area contributed by atoms with Gasteiger partial charge in [0.15, 0.2) is 0 Å². The summed E-state index contributed by atoms with van der Waals surface area (Å²) in [6.07, 6.45) is 0.581. The van der Waals surface area contributed by atoms with E-state index in [4.69, 9.17) is 9.47 Å². The zero-order valence-corrected chi connectivity index (χ0v) is 13.7. The Bertz CT molecular complexity index is 399. The first-order chi connectivity index (χ1) is 9.46. The lowest BCUT2D eigenvalue weighted by Gasteiger charge is -2.27. The fourth-order valence-corrected chi connectivity index (χ4v) is 1.13. The minimum Gasteiger partial charge on any atom is -0.481 e. The summed E-state index contributed by atoms with van der Waals surface area (Å²) in [5.74, 6) is -2.47. The second-order valence-electron chi connectivity index (χ2n) is 6.44. The summed E-state index contributed by atoms with van der Waals surface area (Å²) in [6, 6.07) is 0. The van der Waals surface area contributed by atoms with Crippen LogP contribution in [0.2, 0.25) is 0 Å². The molecule has 0 bridgehead atoms. The van der Waals surface area contributed by atoms with Crippen LogP contribution >= 0.6 is 0 Å². The van der Waals surface area contributed by atoms with Gasteiger partial charge in [0.2, 0.25) is 0 Å². The third-order valence-electron chi connectivity index (χ3n) is 3.48. The summed E-state index contributed by atoms with van der Waals surface area (Å²) >= 11 is 0. The first-order valence-electron chi connectivity index (χ1n) is 7.03. The van der Waals surface area contributed by atoms with Gasteiger partial charge in [-0.15, -0.1) is 0 Å². The van der Waals surface area contributed by atoms with Crippen LogP contribution in [0.3, 0.4) is 0 Å². The summed E-state index contributed by atoms with van der Waals surface area (Å²) < 4.78 is 10.1.